The Bertz CT molecular complexity index is 827. The Kier molecular flexibility index (Phi) is 30.5. The van der Waals surface area contributed by atoms with Crippen LogP contribution in [0.15, 0.2) is 12.2 Å². The second kappa shape index (κ2) is 32.1. The Morgan fingerprint density at radius 2 is 0.915 bits per heavy atom. The first-order chi connectivity index (χ1) is 22.6. The van der Waals surface area contributed by atoms with Crippen molar-refractivity contribution >= 4 is 23.9 Å². The molecule has 0 atom stereocenters. The van der Waals surface area contributed by atoms with Gasteiger partial charge in [-0.1, -0.05) is 102 Å². The van der Waals surface area contributed by atoms with E-state index in [0.717, 1.165) is 83.5 Å². The van der Waals surface area contributed by atoms with Gasteiger partial charge in [0.1, 0.15) is 13.2 Å². The summed E-state index contributed by atoms with van der Waals surface area (Å²) in [4.78, 5) is 45.4. The number of likely N-dealkylation sites (N-methyl/N-ethyl adjacent to an activating group) is 1. The highest BCUT2D eigenvalue weighted by molar-refractivity contribution is 5.70. The van der Waals surface area contributed by atoms with Gasteiger partial charge in [0.15, 0.2) is 6.54 Å². The molecule has 0 aromatic rings. The van der Waals surface area contributed by atoms with E-state index in [1.807, 2.05) is 14.1 Å². The predicted octanol–water partition coefficient (Wildman–Crippen LogP) is 8.72. The molecule has 9 heteroatoms. The molecule has 0 bridgehead atoms. The molecule has 0 aromatic heterocycles. The normalized spacial score (nSPS) is 11.6. The van der Waals surface area contributed by atoms with Gasteiger partial charge in [0.2, 0.25) is 0 Å². The third-order valence-corrected chi connectivity index (χ3v) is 8.30. The summed E-state index contributed by atoms with van der Waals surface area (Å²) in [6.45, 7) is 3.50. The molecular formula is C38H70NO8+. The van der Waals surface area contributed by atoms with Crippen LogP contribution < -0.4 is 0 Å². The van der Waals surface area contributed by atoms with E-state index >= 15 is 0 Å². The molecule has 0 aliphatic carbocycles. The molecule has 0 spiro atoms. The van der Waals surface area contributed by atoms with Crippen molar-refractivity contribution < 1.29 is 43.0 Å². The van der Waals surface area contributed by atoms with E-state index in [2.05, 4.69) is 12.2 Å². The van der Waals surface area contributed by atoms with Crippen molar-refractivity contribution in [2.45, 2.75) is 161 Å². The van der Waals surface area contributed by atoms with E-state index in [-0.39, 0.29) is 24.5 Å². The standard InChI is InChI=1S/C38H69NO8/c1-35(40)45-33-30-39(2,3)34-38(44)47-32-27-23-19-15-14-18-22-26-31-46-37(43)29-25-21-17-13-11-9-7-5-4-6-8-10-12-16-20-24-28-36(41)42/h4-5H,6-34H2,1-3H3/p+1/b5-4+. The fourth-order valence-corrected chi connectivity index (χ4v) is 5.34. The summed E-state index contributed by atoms with van der Waals surface area (Å²) < 4.78 is 16.1. The zero-order valence-electron chi connectivity index (χ0n) is 30.4. The minimum atomic E-state index is -0.685. The van der Waals surface area contributed by atoms with Gasteiger partial charge in [-0.15, -0.1) is 0 Å². The number of allylic oxidation sites excluding steroid dienone is 2. The Morgan fingerprint density at radius 1 is 0.511 bits per heavy atom. The average Bonchev–Trinajstić information content (AvgIpc) is 3.00. The van der Waals surface area contributed by atoms with Gasteiger partial charge in [-0.2, -0.15) is 0 Å². The molecule has 274 valence electrons. The number of carboxylic acid groups (broad SMARTS) is 1. The highest BCUT2D eigenvalue weighted by atomic mass is 16.5. The summed E-state index contributed by atoms with van der Waals surface area (Å²) in [7, 11) is 3.84. The molecule has 0 aliphatic heterocycles. The summed E-state index contributed by atoms with van der Waals surface area (Å²) >= 11 is 0. The summed E-state index contributed by atoms with van der Waals surface area (Å²) in [5.74, 6) is -1.27. The SMILES string of the molecule is CC(=O)OCC[N+](C)(C)CC(=O)OCCCCCCCCCCOC(=O)CCCCCCCC/C=C/CCCCCCCCC(=O)O. The molecule has 0 heterocycles. The maximum Gasteiger partial charge on any atom is 0.361 e. The highest BCUT2D eigenvalue weighted by Crippen LogP contribution is 2.12. The van der Waals surface area contributed by atoms with Crippen LogP contribution in [0.2, 0.25) is 0 Å². The van der Waals surface area contributed by atoms with Gasteiger partial charge >= 0.3 is 23.9 Å². The van der Waals surface area contributed by atoms with Gasteiger partial charge in [-0.25, -0.2) is 4.79 Å². The van der Waals surface area contributed by atoms with Crippen molar-refractivity contribution in [2.75, 3.05) is 47.0 Å². The van der Waals surface area contributed by atoms with Crippen LogP contribution in [0.25, 0.3) is 0 Å². The number of aliphatic carboxylic acids is 1. The zero-order chi connectivity index (χ0) is 34.9. The van der Waals surface area contributed by atoms with E-state index in [9.17, 15) is 19.2 Å². The number of ether oxygens (including phenoxy) is 3. The third-order valence-electron chi connectivity index (χ3n) is 8.30. The van der Waals surface area contributed by atoms with Crippen molar-refractivity contribution in [3.05, 3.63) is 12.2 Å². The Labute approximate surface area is 286 Å². The van der Waals surface area contributed by atoms with Crippen molar-refractivity contribution in [2.24, 2.45) is 0 Å². The number of rotatable bonds is 34. The molecular weight excluding hydrogens is 598 g/mol. The quantitative estimate of drug-likeness (QED) is 0.0238. The second-order valence-electron chi connectivity index (χ2n) is 13.6. The molecule has 47 heavy (non-hydrogen) atoms. The number of hydrogen-bond acceptors (Lipinski definition) is 7. The lowest BCUT2D eigenvalue weighted by atomic mass is 10.1. The van der Waals surface area contributed by atoms with E-state index in [4.69, 9.17) is 19.3 Å². The van der Waals surface area contributed by atoms with Crippen LogP contribution in [0, 0.1) is 0 Å². The minimum absolute atomic E-state index is 0.0569. The fraction of sp³-hybridized carbons (Fsp3) is 0.842. The number of carbonyl (C=O) groups excluding carboxylic acids is 3. The molecule has 1 N–H and O–H groups in total. The van der Waals surface area contributed by atoms with Crippen LogP contribution in [0.5, 0.6) is 0 Å². The molecule has 0 saturated carbocycles. The lowest BCUT2D eigenvalue weighted by Gasteiger charge is -2.28. The van der Waals surface area contributed by atoms with Crippen LogP contribution in [0.3, 0.4) is 0 Å². The largest absolute Gasteiger partial charge is 0.481 e. The van der Waals surface area contributed by atoms with Gasteiger partial charge in [0.25, 0.3) is 0 Å². The topological polar surface area (TPSA) is 116 Å². The minimum Gasteiger partial charge on any atom is -0.481 e. The predicted molar refractivity (Wildman–Crippen MR) is 188 cm³/mol. The number of unbranched alkanes of at least 4 members (excludes halogenated alkanes) is 19. The lowest BCUT2D eigenvalue weighted by molar-refractivity contribution is -0.883. The molecule has 0 rings (SSSR count). The maximum atomic E-state index is 12.1. The van der Waals surface area contributed by atoms with Crippen LogP contribution in [0.4, 0.5) is 0 Å². The van der Waals surface area contributed by atoms with Crippen molar-refractivity contribution in [1.82, 2.24) is 0 Å². The Balaban J connectivity index is 3.37. The van der Waals surface area contributed by atoms with Gasteiger partial charge < -0.3 is 23.8 Å². The van der Waals surface area contributed by atoms with Crippen molar-refractivity contribution in [3.8, 4) is 0 Å². The van der Waals surface area contributed by atoms with Gasteiger partial charge in [0.05, 0.1) is 27.3 Å². The monoisotopic (exact) mass is 669 g/mol. The number of hydrogen-bond donors (Lipinski definition) is 1. The number of esters is 3. The number of carbonyl (C=O) groups is 4. The maximum absolute atomic E-state index is 12.1. The highest BCUT2D eigenvalue weighted by Gasteiger charge is 2.21. The van der Waals surface area contributed by atoms with E-state index < -0.39 is 5.97 Å². The second-order valence-corrected chi connectivity index (χ2v) is 13.6. The number of quaternary nitrogens is 1. The van der Waals surface area contributed by atoms with Gasteiger partial charge in [0, 0.05) is 19.8 Å². The first kappa shape index (κ1) is 44.6. The molecule has 0 aliphatic rings. The molecule has 0 amide bonds. The first-order valence-electron chi connectivity index (χ1n) is 18.8. The van der Waals surface area contributed by atoms with Gasteiger partial charge in [-0.3, -0.25) is 14.4 Å². The fourth-order valence-electron chi connectivity index (χ4n) is 5.34. The average molecular weight is 669 g/mol. The van der Waals surface area contributed by atoms with Crippen LogP contribution >= 0.6 is 0 Å². The van der Waals surface area contributed by atoms with Crippen LogP contribution in [0.1, 0.15) is 161 Å². The molecule has 0 saturated heterocycles. The molecule has 0 aromatic carbocycles. The van der Waals surface area contributed by atoms with Crippen LogP contribution in [-0.2, 0) is 33.4 Å². The summed E-state index contributed by atoms with van der Waals surface area (Å²) in [6, 6.07) is 0. The van der Waals surface area contributed by atoms with Crippen molar-refractivity contribution in [1.29, 1.82) is 0 Å². The van der Waals surface area contributed by atoms with E-state index in [1.165, 1.54) is 64.7 Å². The Morgan fingerprint density at radius 3 is 1.38 bits per heavy atom. The van der Waals surface area contributed by atoms with E-state index in [1.54, 1.807) is 0 Å². The number of nitrogens with zero attached hydrogens (tertiary/aromatic N) is 1. The van der Waals surface area contributed by atoms with Crippen LogP contribution in [-0.4, -0.2) is 80.5 Å². The summed E-state index contributed by atoms with van der Waals surface area (Å²) in [6.07, 6.45) is 29.9. The molecule has 9 nitrogen and oxygen atoms in total. The lowest BCUT2D eigenvalue weighted by Crippen LogP contribution is -2.46. The first-order valence-corrected chi connectivity index (χ1v) is 18.8. The van der Waals surface area contributed by atoms with Crippen molar-refractivity contribution in [3.63, 3.8) is 0 Å². The zero-order valence-corrected chi connectivity index (χ0v) is 30.4. The molecule has 0 unspecified atom stereocenters. The smallest absolute Gasteiger partial charge is 0.361 e. The molecule has 0 radical (unpaired) electrons. The third kappa shape index (κ3) is 36.3. The number of carboxylic acids is 1. The summed E-state index contributed by atoms with van der Waals surface area (Å²) in [5.41, 5.74) is 0. The molecule has 0 fully saturated rings. The Hall–Kier alpha value is -2.42. The summed E-state index contributed by atoms with van der Waals surface area (Å²) in [5, 5.41) is 8.63. The van der Waals surface area contributed by atoms with E-state index in [0.29, 0.717) is 43.7 Å². The van der Waals surface area contributed by atoms with Gasteiger partial charge in [-0.05, 0) is 51.4 Å².